The molecule has 23 heavy (non-hydrogen) atoms. The van der Waals surface area contributed by atoms with Gasteiger partial charge in [0, 0.05) is 25.1 Å². The Kier molecular flexibility index (Phi) is 5.19. The zero-order valence-corrected chi connectivity index (χ0v) is 14.8. The van der Waals surface area contributed by atoms with Crippen molar-refractivity contribution in [1.82, 2.24) is 4.90 Å². The first-order valence-corrected chi connectivity index (χ1v) is 8.03. The lowest BCUT2D eigenvalue weighted by atomic mass is 9.86. The number of hydrogen-bond donors (Lipinski definition) is 1. The van der Waals surface area contributed by atoms with E-state index in [0.717, 1.165) is 30.0 Å². The molecule has 2 rings (SSSR count). The van der Waals surface area contributed by atoms with Gasteiger partial charge in [0.1, 0.15) is 11.5 Å². The van der Waals surface area contributed by atoms with Crippen LogP contribution < -0.4 is 15.2 Å². The number of carbonyl (C=O) groups excluding carboxylic acids is 1. The van der Waals surface area contributed by atoms with Gasteiger partial charge in [-0.05, 0) is 29.5 Å². The molecule has 2 N–H and O–H groups in total. The van der Waals surface area contributed by atoms with Gasteiger partial charge < -0.3 is 20.1 Å². The zero-order chi connectivity index (χ0) is 17.2. The third kappa shape index (κ3) is 3.96. The fourth-order valence-corrected chi connectivity index (χ4v) is 2.86. The number of hydrogen-bond acceptors (Lipinski definition) is 4. The van der Waals surface area contributed by atoms with Gasteiger partial charge in [0.05, 0.1) is 20.3 Å². The lowest BCUT2D eigenvalue weighted by molar-refractivity contribution is -0.133. The first-order chi connectivity index (χ1) is 10.8. The van der Waals surface area contributed by atoms with Crippen molar-refractivity contribution in [2.75, 3.05) is 27.3 Å². The van der Waals surface area contributed by atoms with Crippen molar-refractivity contribution >= 4 is 5.91 Å². The Labute approximate surface area is 138 Å². The normalized spacial score (nSPS) is 19.6. The van der Waals surface area contributed by atoms with Gasteiger partial charge in [-0.25, -0.2) is 0 Å². The van der Waals surface area contributed by atoms with Crippen LogP contribution in [0.2, 0.25) is 0 Å². The maximum Gasteiger partial charge on any atom is 0.240 e. The third-order valence-corrected chi connectivity index (χ3v) is 4.54. The molecule has 1 aromatic carbocycles. The van der Waals surface area contributed by atoms with Crippen molar-refractivity contribution in [3.63, 3.8) is 0 Å². The highest BCUT2D eigenvalue weighted by Gasteiger charge is 2.35. The summed E-state index contributed by atoms with van der Waals surface area (Å²) in [5.41, 5.74) is 7.03. The Morgan fingerprint density at radius 2 is 1.78 bits per heavy atom. The van der Waals surface area contributed by atoms with E-state index in [1.807, 2.05) is 43.9 Å². The van der Waals surface area contributed by atoms with Crippen LogP contribution in [-0.4, -0.2) is 44.2 Å². The third-order valence-electron chi connectivity index (χ3n) is 4.54. The van der Waals surface area contributed by atoms with Gasteiger partial charge in [-0.2, -0.15) is 0 Å². The fraction of sp³-hybridized carbons (Fsp3) is 0.611. The van der Waals surface area contributed by atoms with Gasteiger partial charge in [0.25, 0.3) is 0 Å². The van der Waals surface area contributed by atoms with Crippen molar-refractivity contribution in [2.45, 2.75) is 39.2 Å². The van der Waals surface area contributed by atoms with Crippen LogP contribution in [0.25, 0.3) is 0 Å². The summed E-state index contributed by atoms with van der Waals surface area (Å²) in [5, 5.41) is 0. The number of likely N-dealkylation sites (tertiary alicyclic amines) is 1. The molecular weight excluding hydrogens is 292 g/mol. The topological polar surface area (TPSA) is 64.8 Å². The van der Waals surface area contributed by atoms with Crippen LogP contribution in [0.5, 0.6) is 11.5 Å². The quantitative estimate of drug-likeness (QED) is 0.925. The molecule has 1 unspecified atom stereocenters. The number of ether oxygens (including phenoxy) is 2. The zero-order valence-electron chi connectivity index (χ0n) is 14.8. The molecule has 0 saturated carbocycles. The van der Waals surface area contributed by atoms with E-state index in [2.05, 4.69) is 0 Å². The van der Waals surface area contributed by atoms with E-state index >= 15 is 0 Å². The highest BCUT2D eigenvalue weighted by Crippen LogP contribution is 2.33. The van der Waals surface area contributed by atoms with Gasteiger partial charge in [-0.15, -0.1) is 0 Å². The monoisotopic (exact) mass is 320 g/mol. The largest absolute Gasteiger partial charge is 0.497 e. The highest BCUT2D eigenvalue weighted by atomic mass is 16.5. The van der Waals surface area contributed by atoms with E-state index in [0.29, 0.717) is 6.54 Å². The second-order valence-electron chi connectivity index (χ2n) is 7.26. The minimum atomic E-state index is -0.471. The molecule has 0 aromatic heterocycles. The summed E-state index contributed by atoms with van der Waals surface area (Å²) in [5.74, 6) is 1.87. The summed E-state index contributed by atoms with van der Waals surface area (Å²) in [4.78, 5) is 14.4. The molecule has 1 aliphatic rings. The van der Waals surface area contributed by atoms with Crippen LogP contribution in [-0.2, 0) is 4.79 Å². The molecular formula is C18H28N2O3. The minimum Gasteiger partial charge on any atom is -0.497 e. The summed E-state index contributed by atoms with van der Waals surface area (Å²) in [6.07, 6.45) is 0.929. The Morgan fingerprint density at radius 1 is 1.22 bits per heavy atom. The van der Waals surface area contributed by atoms with Crippen LogP contribution in [0, 0.1) is 5.41 Å². The maximum absolute atomic E-state index is 12.6. The van der Waals surface area contributed by atoms with Gasteiger partial charge in [-0.1, -0.05) is 20.8 Å². The standard InChI is InChI=1S/C18H28N2O3/c1-18(2,3)16(19)17(21)20-7-6-12(11-20)13-8-14(22-4)10-15(9-13)23-5/h8-10,12,16H,6-7,11,19H2,1-5H3/t12?,16-/m1/s1. The summed E-state index contributed by atoms with van der Waals surface area (Å²) >= 11 is 0. The average molecular weight is 320 g/mol. The summed E-state index contributed by atoms with van der Waals surface area (Å²) in [6, 6.07) is 5.42. The molecule has 1 aromatic rings. The molecule has 0 spiro atoms. The lowest BCUT2D eigenvalue weighted by Crippen LogP contribution is -2.49. The Morgan fingerprint density at radius 3 is 2.26 bits per heavy atom. The molecule has 1 amide bonds. The predicted octanol–water partition coefficient (Wildman–Crippen LogP) is 2.39. The van der Waals surface area contributed by atoms with E-state index in [1.165, 1.54) is 0 Å². The SMILES string of the molecule is COc1cc(OC)cc(C2CCN(C(=O)[C@@H](N)C(C)(C)C)C2)c1. The minimum absolute atomic E-state index is 0.0369. The van der Waals surface area contributed by atoms with Crippen LogP contribution in [0.1, 0.15) is 38.7 Å². The molecule has 0 bridgehead atoms. The molecule has 5 heteroatoms. The van der Waals surface area contributed by atoms with Gasteiger partial charge >= 0.3 is 0 Å². The second kappa shape index (κ2) is 6.79. The molecule has 5 nitrogen and oxygen atoms in total. The first-order valence-electron chi connectivity index (χ1n) is 8.03. The summed E-state index contributed by atoms with van der Waals surface area (Å²) < 4.78 is 10.7. The van der Waals surface area contributed by atoms with Crippen molar-refractivity contribution in [1.29, 1.82) is 0 Å². The van der Waals surface area contributed by atoms with Crippen molar-refractivity contribution in [2.24, 2.45) is 11.1 Å². The number of nitrogens with two attached hydrogens (primary N) is 1. The fourth-order valence-electron chi connectivity index (χ4n) is 2.86. The molecule has 0 aliphatic carbocycles. The Balaban J connectivity index is 2.12. The number of benzene rings is 1. The van der Waals surface area contributed by atoms with E-state index in [-0.39, 0.29) is 17.2 Å². The smallest absolute Gasteiger partial charge is 0.240 e. The van der Waals surface area contributed by atoms with E-state index in [4.69, 9.17) is 15.2 Å². The average Bonchev–Trinajstić information content (AvgIpc) is 3.01. The molecule has 1 aliphatic heterocycles. The second-order valence-corrected chi connectivity index (χ2v) is 7.26. The van der Waals surface area contributed by atoms with Crippen LogP contribution >= 0.6 is 0 Å². The molecule has 1 heterocycles. The van der Waals surface area contributed by atoms with Gasteiger partial charge in [0.15, 0.2) is 0 Å². The molecule has 1 saturated heterocycles. The predicted molar refractivity (Wildman–Crippen MR) is 90.9 cm³/mol. The molecule has 128 valence electrons. The van der Waals surface area contributed by atoms with Crippen molar-refractivity contribution < 1.29 is 14.3 Å². The summed E-state index contributed by atoms with van der Waals surface area (Å²) in [7, 11) is 3.29. The van der Waals surface area contributed by atoms with E-state index in [1.54, 1.807) is 14.2 Å². The number of methoxy groups -OCH3 is 2. The van der Waals surface area contributed by atoms with E-state index < -0.39 is 6.04 Å². The molecule has 0 radical (unpaired) electrons. The van der Waals surface area contributed by atoms with Crippen molar-refractivity contribution in [3.05, 3.63) is 23.8 Å². The summed E-state index contributed by atoms with van der Waals surface area (Å²) in [6.45, 7) is 7.42. The Hall–Kier alpha value is -1.75. The molecule has 2 atom stereocenters. The van der Waals surface area contributed by atoms with Crippen LogP contribution in [0.3, 0.4) is 0 Å². The van der Waals surface area contributed by atoms with E-state index in [9.17, 15) is 4.79 Å². The number of nitrogens with zero attached hydrogens (tertiary/aromatic N) is 1. The van der Waals surface area contributed by atoms with Crippen LogP contribution in [0.4, 0.5) is 0 Å². The number of rotatable bonds is 4. The van der Waals surface area contributed by atoms with Crippen LogP contribution in [0.15, 0.2) is 18.2 Å². The Bertz CT molecular complexity index is 544. The highest BCUT2D eigenvalue weighted by molar-refractivity contribution is 5.82. The lowest BCUT2D eigenvalue weighted by Gasteiger charge is -2.30. The maximum atomic E-state index is 12.6. The number of amides is 1. The molecule has 1 fully saturated rings. The van der Waals surface area contributed by atoms with Gasteiger partial charge in [0.2, 0.25) is 5.91 Å². The van der Waals surface area contributed by atoms with Gasteiger partial charge in [-0.3, -0.25) is 4.79 Å². The number of carbonyl (C=O) groups is 1. The van der Waals surface area contributed by atoms with Crippen molar-refractivity contribution in [3.8, 4) is 11.5 Å². The first kappa shape index (κ1) is 17.6.